The molecule has 0 unspecified atom stereocenters. The van der Waals surface area contributed by atoms with Gasteiger partial charge in [-0.05, 0) is 19.1 Å². The average Bonchev–Trinajstić information content (AvgIpc) is 2.56. The molecular formula is C12H12N2O4. The molecule has 6 heteroatoms. The van der Waals surface area contributed by atoms with Gasteiger partial charge in [0.05, 0.1) is 17.7 Å². The van der Waals surface area contributed by atoms with Gasteiger partial charge in [0.15, 0.2) is 0 Å². The molecule has 0 fully saturated rings. The van der Waals surface area contributed by atoms with E-state index in [1.165, 1.54) is 12.1 Å². The minimum Gasteiger partial charge on any atom is -0.465 e. The second-order valence-electron chi connectivity index (χ2n) is 3.77. The van der Waals surface area contributed by atoms with Gasteiger partial charge in [0.25, 0.3) is 11.8 Å². The number of anilines is 1. The zero-order chi connectivity index (χ0) is 13.3. The van der Waals surface area contributed by atoms with Crippen LogP contribution < -0.4 is 5.73 Å². The zero-order valence-corrected chi connectivity index (χ0v) is 9.80. The van der Waals surface area contributed by atoms with Crippen molar-refractivity contribution in [2.24, 2.45) is 0 Å². The molecule has 6 nitrogen and oxygen atoms in total. The van der Waals surface area contributed by atoms with Crippen LogP contribution in [0.4, 0.5) is 5.69 Å². The first kappa shape index (κ1) is 12.1. The number of imide groups is 1. The third-order valence-electron chi connectivity index (χ3n) is 2.62. The van der Waals surface area contributed by atoms with Crippen molar-refractivity contribution in [2.75, 3.05) is 18.9 Å². The lowest BCUT2D eigenvalue weighted by Crippen LogP contribution is -2.35. The average molecular weight is 248 g/mol. The van der Waals surface area contributed by atoms with Crippen LogP contribution in [0.1, 0.15) is 27.6 Å². The van der Waals surface area contributed by atoms with Gasteiger partial charge in [0.1, 0.15) is 6.54 Å². The minimum atomic E-state index is -0.620. The van der Waals surface area contributed by atoms with E-state index < -0.39 is 17.8 Å². The first-order valence-corrected chi connectivity index (χ1v) is 5.46. The quantitative estimate of drug-likeness (QED) is 0.476. The maximum atomic E-state index is 12.0. The number of amides is 2. The highest BCUT2D eigenvalue weighted by Gasteiger charge is 2.38. The molecule has 1 aliphatic rings. The number of nitrogen functional groups attached to an aromatic ring is 1. The zero-order valence-electron chi connectivity index (χ0n) is 9.80. The lowest BCUT2D eigenvalue weighted by atomic mass is 10.1. The molecule has 0 saturated carbocycles. The summed E-state index contributed by atoms with van der Waals surface area (Å²) in [4.78, 5) is 36.1. The highest BCUT2D eigenvalue weighted by Crippen LogP contribution is 2.27. The molecule has 0 radical (unpaired) electrons. The van der Waals surface area contributed by atoms with Crippen molar-refractivity contribution in [3.8, 4) is 0 Å². The molecule has 1 aromatic carbocycles. The SMILES string of the molecule is CCOC(=O)CN1C(=O)c2cccc(N)c2C1=O. The van der Waals surface area contributed by atoms with E-state index in [2.05, 4.69) is 0 Å². The van der Waals surface area contributed by atoms with Crippen LogP contribution in [-0.2, 0) is 9.53 Å². The molecular weight excluding hydrogens is 236 g/mol. The number of ether oxygens (including phenoxy) is 1. The highest BCUT2D eigenvalue weighted by atomic mass is 16.5. The Morgan fingerprint density at radius 2 is 2.06 bits per heavy atom. The van der Waals surface area contributed by atoms with Crippen molar-refractivity contribution in [1.82, 2.24) is 4.90 Å². The van der Waals surface area contributed by atoms with Crippen molar-refractivity contribution in [1.29, 1.82) is 0 Å². The summed E-state index contributed by atoms with van der Waals surface area (Å²) in [6.45, 7) is 1.46. The number of benzene rings is 1. The number of nitrogens with two attached hydrogens (primary N) is 1. The minimum absolute atomic E-state index is 0.159. The van der Waals surface area contributed by atoms with Gasteiger partial charge in [0.2, 0.25) is 0 Å². The number of esters is 1. The van der Waals surface area contributed by atoms with E-state index in [4.69, 9.17) is 10.5 Å². The topological polar surface area (TPSA) is 89.7 Å². The van der Waals surface area contributed by atoms with E-state index in [1.54, 1.807) is 13.0 Å². The summed E-state index contributed by atoms with van der Waals surface area (Å²) < 4.78 is 4.71. The predicted octanol–water partition coefficient (Wildman–Crippen LogP) is 0.428. The van der Waals surface area contributed by atoms with Crippen LogP contribution in [0.25, 0.3) is 0 Å². The summed E-state index contributed by atoms with van der Waals surface area (Å²) in [5.74, 6) is -1.69. The molecule has 2 amide bonds. The first-order chi connectivity index (χ1) is 8.56. The summed E-state index contributed by atoms with van der Waals surface area (Å²) in [5, 5.41) is 0. The van der Waals surface area contributed by atoms with Gasteiger partial charge in [-0.25, -0.2) is 0 Å². The van der Waals surface area contributed by atoms with Crippen LogP contribution in [0.2, 0.25) is 0 Å². The van der Waals surface area contributed by atoms with E-state index in [0.717, 1.165) is 4.90 Å². The van der Waals surface area contributed by atoms with Crippen molar-refractivity contribution >= 4 is 23.5 Å². The highest BCUT2D eigenvalue weighted by molar-refractivity contribution is 6.24. The molecule has 0 atom stereocenters. The van der Waals surface area contributed by atoms with E-state index in [-0.39, 0.29) is 30.0 Å². The van der Waals surface area contributed by atoms with E-state index in [0.29, 0.717) is 0 Å². The second kappa shape index (κ2) is 4.48. The maximum Gasteiger partial charge on any atom is 0.326 e. The number of fused-ring (bicyclic) bond motifs is 1. The first-order valence-electron chi connectivity index (χ1n) is 5.46. The van der Waals surface area contributed by atoms with Crippen LogP contribution in [0.15, 0.2) is 18.2 Å². The third kappa shape index (κ3) is 1.81. The summed E-state index contributed by atoms with van der Waals surface area (Å²) in [6.07, 6.45) is 0. The Morgan fingerprint density at radius 3 is 2.67 bits per heavy atom. The third-order valence-corrected chi connectivity index (χ3v) is 2.62. The summed E-state index contributed by atoms with van der Waals surface area (Å²) >= 11 is 0. The van der Waals surface area contributed by atoms with Crippen molar-refractivity contribution in [2.45, 2.75) is 6.92 Å². The Kier molecular flexibility index (Phi) is 3.01. The number of carbonyl (C=O) groups is 3. The molecule has 0 saturated heterocycles. The van der Waals surface area contributed by atoms with Gasteiger partial charge in [0, 0.05) is 5.69 Å². The van der Waals surface area contributed by atoms with E-state index in [9.17, 15) is 14.4 Å². The Morgan fingerprint density at radius 1 is 1.33 bits per heavy atom. The molecule has 18 heavy (non-hydrogen) atoms. The monoisotopic (exact) mass is 248 g/mol. The van der Waals surface area contributed by atoms with Gasteiger partial charge in [-0.3, -0.25) is 19.3 Å². The fraction of sp³-hybridized carbons (Fsp3) is 0.250. The second-order valence-corrected chi connectivity index (χ2v) is 3.77. The molecule has 0 bridgehead atoms. The fourth-order valence-corrected chi connectivity index (χ4v) is 1.84. The number of carbonyl (C=O) groups excluding carboxylic acids is 3. The van der Waals surface area contributed by atoms with Crippen LogP contribution in [-0.4, -0.2) is 35.8 Å². The van der Waals surface area contributed by atoms with Crippen molar-refractivity contribution in [3.63, 3.8) is 0 Å². The van der Waals surface area contributed by atoms with Gasteiger partial charge in [-0.15, -0.1) is 0 Å². The lowest BCUT2D eigenvalue weighted by Gasteiger charge is -2.12. The molecule has 1 aromatic rings. The van der Waals surface area contributed by atoms with Gasteiger partial charge >= 0.3 is 5.97 Å². The Balaban J connectivity index is 2.29. The molecule has 0 aliphatic carbocycles. The molecule has 1 heterocycles. The fourth-order valence-electron chi connectivity index (χ4n) is 1.84. The number of hydrogen-bond donors (Lipinski definition) is 1. The molecule has 2 rings (SSSR count). The smallest absolute Gasteiger partial charge is 0.326 e. The molecule has 94 valence electrons. The largest absolute Gasteiger partial charge is 0.465 e. The van der Waals surface area contributed by atoms with Crippen LogP contribution in [0.5, 0.6) is 0 Å². The van der Waals surface area contributed by atoms with Gasteiger partial charge < -0.3 is 10.5 Å². The maximum absolute atomic E-state index is 12.0. The van der Waals surface area contributed by atoms with Crippen LogP contribution >= 0.6 is 0 Å². The van der Waals surface area contributed by atoms with Crippen molar-refractivity contribution in [3.05, 3.63) is 29.3 Å². The molecule has 1 aliphatic heterocycles. The molecule has 2 N–H and O–H groups in total. The van der Waals surface area contributed by atoms with Crippen LogP contribution in [0.3, 0.4) is 0 Å². The summed E-state index contributed by atoms with van der Waals surface area (Å²) in [6, 6.07) is 4.64. The van der Waals surface area contributed by atoms with Gasteiger partial charge in [-0.1, -0.05) is 6.07 Å². The predicted molar refractivity (Wildman–Crippen MR) is 62.9 cm³/mol. The summed E-state index contributed by atoms with van der Waals surface area (Å²) in [7, 11) is 0. The Hall–Kier alpha value is -2.37. The molecule has 0 spiro atoms. The Bertz CT molecular complexity index is 539. The number of hydrogen-bond acceptors (Lipinski definition) is 5. The van der Waals surface area contributed by atoms with E-state index in [1.807, 2.05) is 0 Å². The normalized spacial score (nSPS) is 13.7. The lowest BCUT2D eigenvalue weighted by molar-refractivity contribution is -0.143. The Labute approximate surface area is 103 Å². The number of rotatable bonds is 3. The van der Waals surface area contributed by atoms with Crippen molar-refractivity contribution < 1.29 is 19.1 Å². The number of nitrogens with zero attached hydrogens (tertiary/aromatic N) is 1. The summed E-state index contributed by atoms with van der Waals surface area (Å²) in [5.41, 5.74) is 6.28. The standard InChI is InChI=1S/C12H12N2O4/c1-2-18-9(15)6-14-11(16)7-4-3-5-8(13)10(7)12(14)17/h3-5H,2,6,13H2,1H3. The van der Waals surface area contributed by atoms with E-state index >= 15 is 0 Å². The molecule has 0 aromatic heterocycles. The van der Waals surface area contributed by atoms with Gasteiger partial charge in [-0.2, -0.15) is 0 Å². The van der Waals surface area contributed by atoms with Crippen LogP contribution in [0, 0.1) is 0 Å².